The third-order valence-corrected chi connectivity index (χ3v) is 5.45. The molecule has 1 unspecified atom stereocenters. The first-order chi connectivity index (χ1) is 7.61. The number of hydrogen-bond donors (Lipinski definition) is 0. The average Bonchev–Trinajstić information content (AvgIpc) is 2.61. The maximum Gasteiger partial charge on any atom is 0.151 e. The molecule has 0 amide bonds. The quantitative estimate of drug-likeness (QED) is 0.676. The van der Waals surface area contributed by atoms with Crippen molar-refractivity contribution in [2.45, 2.75) is 12.5 Å². The summed E-state index contributed by atoms with van der Waals surface area (Å²) in [5.41, 5.74) is 0. The van der Waals surface area contributed by atoms with Crippen molar-refractivity contribution < 1.29 is 8.42 Å². The van der Waals surface area contributed by atoms with Crippen LogP contribution in [0.2, 0.25) is 0 Å². The molecule has 0 aromatic heterocycles. The highest BCUT2D eigenvalue weighted by atomic mass is 35.5. The first-order valence-electron chi connectivity index (χ1n) is 5.83. The van der Waals surface area contributed by atoms with E-state index in [2.05, 4.69) is 9.80 Å². The topological polar surface area (TPSA) is 40.6 Å². The van der Waals surface area contributed by atoms with E-state index >= 15 is 0 Å². The van der Waals surface area contributed by atoms with Crippen LogP contribution in [0, 0.1) is 0 Å². The summed E-state index contributed by atoms with van der Waals surface area (Å²) in [5, 5.41) is 0. The molecule has 4 nitrogen and oxygen atoms in total. The molecule has 16 heavy (non-hydrogen) atoms. The van der Waals surface area contributed by atoms with Crippen molar-refractivity contribution >= 4 is 21.4 Å². The van der Waals surface area contributed by atoms with Gasteiger partial charge in [0.15, 0.2) is 9.84 Å². The molecular formula is C10H19ClN2O2S. The van der Waals surface area contributed by atoms with Crippen LogP contribution in [0.5, 0.6) is 0 Å². The van der Waals surface area contributed by atoms with E-state index in [1.807, 2.05) is 0 Å². The zero-order valence-corrected chi connectivity index (χ0v) is 11.0. The molecule has 0 bridgehead atoms. The molecule has 2 fully saturated rings. The molecule has 0 aromatic carbocycles. The smallest absolute Gasteiger partial charge is 0.151 e. The number of sulfone groups is 1. The molecule has 6 heteroatoms. The predicted octanol–water partition coefficient (Wildman–Crippen LogP) is 0.0299. The fourth-order valence-electron chi connectivity index (χ4n) is 2.53. The van der Waals surface area contributed by atoms with Gasteiger partial charge in [0.25, 0.3) is 0 Å². The molecule has 0 aromatic rings. The second kappa shape index (κ2) is 5.21. The molecular weight excluding hydrogens is 248 g/mol. The maximum absolute atomic E-state index is 11.4. The highest BCUT2D eigenvalue weighted by Gasteiger charge is 2.33. The van der Waals surface area contributed by atoms with Gasteiger partial charge in [-0.15, -0.1) is 11.6 Å². The highest BCUT2D eigenvalue weighted by molar-refractivity contribution is 7.91. The second-order valence-corrected chi connectivity index (χ2v) is 7.23. The normalized spacial score (nSPS) is 31.9. The van der Waals surface area contributed by atoms with Crippen LogP contribution in [-0.2, 0) is 9.84 Å². The summed E-state index contributed by atoms with van der Waals surface area (Å²) in [4.78, 5) is 4.67. The van der Waals surface area contributed by atoms with Crippen LogP contribution >= 0.6 is 11.6 Å². The van der Waals surface area contributed by atoms with Gasteiger partial charge in [-0.25, -0.2) is 8.42 Å². The fraction of sp³-hybridized carbons (Fsp3) is 1.00. The SMILES string of the molecule is O=S1(=O)CCC(N2CCN(CCCl)CC2)C1. The van der Waals surface area contributed by atoms with E-state index in [4.69, 9.17) is 11.6 Å². The molecule has 1 atom stereocenters. The lowest BCUT2D eigenvalue weighted by atomic mass is 10.2. The van der Waals surface area contributed by atoms with Gasteiger partial charge < -0.3 is 0 Å². The standard InChI is InChI=1S/C10H19ClN2O2S/c11-2-3-12-4-6-13(7-5-12)10-1-8-16(14,15)9-10/h10H,1-9H2. The molecule has 2 aliphatic heterocycles. The van der Waals surface area contributed by atoms with E-state index < -0.39 is 9.84 Å². The summed E-state index contributed by atoms with van der Waals surface area (Å²) in [7, 11) is -2.74. The summed E-state index contributed by atoms with van der Waals surface area (Å²) >= 11 is 5.70. The first-order valence-corrected chi connectivity index (χ1v) is 8.19. The van der Waals surface area contributed by atoms with Crippen LogP contribution in [0.25, 0.3) is 0 Å². The zero-order valence-electron chi connectivity index (χ0n) is 9.44. The summed E-state index contributed by atoms with van der Waals surface area (Å²) in [6, 6.07) is 0.267. The Morgan fingerprint density at radius 3 is 2.38 bits per heavy atom. The third-order valence-electron chi connectivity index (χ3n) is 3.53. The molecule has 0 radical (unpaired) electrons. The molecule has 0 aliphatic carbocycles. The van der Waals surface area contributed by atoms with E-state index in [0.29, 0.717) is 17.4 Å². The Balaban J connectivity index is 1.81. The molecule has 0 spiro atoms. The number of nitrogens with zero attached hydrogens (tertiary/aromatic N) is 2. The van der Waals surface area contributed by atoms with E-state index in [9.17, 15) is 8.42 Å². The first kappa shape index (κ1) is 12.6. The van der Waals surface area contributed by atoms with Crippen molar-refractivity contribution in [3.63, 3.8) is 0 Å². The van der Waals surface area contributed by atoms with Crippen LogP contribution < -0.4 is 0 Å². The Morgan fingerprint density at radius 2 is 1.88 bits per heavy atom. The van der Waals surface area contributed by atoms with Crippen LogP contribution in [0.4, 0.5) is 0 Å². The van der Waals surface area contributed by atoms with Gasteiger partial charge in [-0.3, -0.25) is 9.80 Å². The van der Waals surface area contributed by atoms with Gasteiger partial charge in [-0.1, -0.05) is 0 Å². The number of rotatable bonds is 3. The van der Waals surface area contributed by atoms with E-state index in [0.717, 1.165) is 39.1 Å². The van der Waals surface area contributed by atoms with Gasteiger partial charge in [-0.2, -0.15) is 0 Å². The lowest BCUT2D eigenvalue weighted by Crippen LogP contribution is -2.51. The van der Waals surface area contributed by atoms with Gasteiger partial charge in [-0.05, 0) is 6.42 Å². The zero-order chi connectivity index (χ0) is 11.6. The van der Waals surface area contributed by atoms with E-state index in [-0.39, 0.29) is 6.04 Å². The van der Waals surface area contributed by atoms with E-state index in [1.54, 1.807) is 0 Å². The van der Waals surface area contributed by atoms with Crippen molar-refractivity contribution in [2.75, 3.05) is 50.1 Å². The summed E-state index contributed by atoms with van der Waals surface area (Å²) < 4.78 is 22.8. The van der Waals surface area contributed by atoms with Crippen LogP contribution in [0.15, 0.2) is 0 Å². The van der Waals surface area contributed by atoms with Gasteiger partial charge in [0.2, 0.25) is 0 Å². The Morgan fingerprint density at radius 1 is 1.19 bits per heavy atom. The van der Waals surface area contributed by atoms with Crippen LogP contribution in [0.1, 0.15) is 6.42 Å². The molecule has 2 heterocycles. The lowest BCUT2D eigenvalue weighted by molar-refractivity contribution is 0.109. The third kappa shape index (κ3) is 3.09. The Hall–Kier alpha value is 0.160. The van der Waals surface area contributed by atoms with Crippen molar-refractivity contribution in [1.82, 2.24) is 9.80 Å². The van der Waals surface area contributed by atoms with Gasteiger partial charge in [0.05, 0.1) is 11.5 Å². The van der Waals surface area contributed by atoms with E-state index in [1.165, 1.54) is 0 Å². The van der Waals surface area contributed by atoms with Crippen molar-refractivity contribution in [3.8, 4) is 0 Å². The number of hydrogen-bond acceptors (Lipinski definition) is 4. The molecule has 2 aliphatic rings. The predicted molar refractivity (Wildman–Crippen MR) is 65.8 cm³/mol. The second-order valence-electron chi connectivity index (χ2n) is 4.62. The average molecular weight is 267 g/mol. The van der Waals surface area contributed by atoms with Gasteiger partial charge >= 0.3 is 0 Å². The van der Waals surface area contributed by atoms with Crippen molar-refractivity contribution in [1.29, 1.82) is 0 Å². The monoisotopic (exact) mass is 266 g/mol. The van der Waals surface area contributed by atoms with Gasteiger partial charge in [0, 0.05) is 44.6 Å². The molecule has 2 saturated heterocycles. The minimum absolute atomic E-state index is 0.267. The lowest BCUT2D eigenvalue weighted by Gasteiger charge is -2.37. The Bertz CT molecular complexity index is 326. The van der Waals surface area contributed by atoms with Crippen molar-refractivity contribution in [3.05, 3.63) is 0 Å². The number of alkyl halides is 1. The minimum Gasteiger partial charge on any atom is -0.300 e. The molecule has 2 rings (SSSR count). The van der Waals surface area contributed by atoms with Crippen molar-refractivity contribution in [2.24, 2.45) is 0 Å². The number of halogens is 1. The largest absolute Gasteiger partial charge is 0.300 e. The molecule has 94 valence electrons. The summed E-state index contributed by atoms with van der Waals surface area (Å²) in [6.45, 7) is 4.94. The Kier molecular flexibility index (Phi) is 4.11. The molecule has 0 saturated carbocycles. The minimum atomic E-state index is -2.74. The van der Waals surface area contributed by atoms with Crippen LogP contribution in [-0.4, -0.2) is 74.4 Å². The fourth-order valence-corrected chi connectivity index (χ4v) is 4.54. The maximum atomic E-state index is 11.4. The highest BCUT2D eigenvalue weighted by Crippen LogP contribution is 2.19. The van der Waals surface area contributed by atoms with Gasteiger partial charge in [0.1, 0.15) is 0 Å². The molecule has 0 N–H and O–H groups in total. The Labute approximate surface area is 102 Å². The van der Waals surface area contributed by atoms with Crippen LogP contribution in [0.3, 0.4) is 0 Å². The number of piperazine rings is 1. The summed E-state index contributed by atoms with van der Waals surface area (Å²) in [5.74, 6) is 1.42. The summed E-state index contributed by atoms with van der Waals surface area (Å²) in [6.07, 6.45) is 0.817.